The molecular weight excluding hydrogens is 254 g/mol. The zero-order valence-electron chi connectivity index (χ0n) is 12.7. The number of nitrogens with zero attached hydrogens (tertiary/aromatic N) is 3. The van der Waals surface area contributed by atoms with Crippen LogP contribution in [0.4, 0.5) is 11.9 Å². The third kappa shape index (κ3) is 3.95. The summed E-state index contributed by atoms with van der Waals surface area (Å²) in [4.78, 5) is 12.9. The van der Waals surface area contributed by atoms with E-state index in [0.717, 1.165) is 13.1 Å². The van der Waals surface area contributed by atoms with Crippen molar-refractivity contribution in [3.05, 3.63) is 0 Å². The monoisotopic (exact) mass is 279 g/mol. The van der Waals surface area contributed by atoms with Gasteiger partial charge in [-0.1, -0.05) is 13.3 Å². The summed E-state index contributed by atoms with van der Waals surface area (Å²) in [6.45, 7) is 8.42. The Labute approximate surface area is 120 Å². The third-order valence-electron chi connectivity index (χ3n) is 3.58. The zero-order valence-corrected chi connectivity index (χ0v) is 12.7. The van der Waals surface area contributed by atoms with Crippen molar-refractivity contribution in [3.63, 3.8) is 0 Å². The molecule has 0 saturated heterocycles. The Morgan fingerprint density at radius 1 is 1.05 bits per heavy atom. The second-order valence-corrected chi connectivity index (χ2v) is 5.33. The molecule has 1 aromatic rings. The highest BCUT2D eigenvalue weighted by Crippen LogP contribution is 2.49. The van der Waals surface area contributed by atoms with Crippen molar-refractivity contribution in [1.82, 2.24) is 15.0 Å². The van der Waals surface area contributed by atoms with Crippen LogP contribution < -0.4 is 15.4 Å². The van der Waals surface area contributed by atoms with E-state index in [2.05, 4.69) is 32.5 Å². The van der Waals surface area contributed by atoms with Crippen molar-refractivity contribution < 1.29 is 4.74 Å². The van der Waals surface area contributed by atoms with Gasteiger partial charge in [0.05, 0.1) is 6.61 Å². The molecule has 0 radical (unpaired) electrons. The van der Waals surface area contributed by atoms with Gasteiger partial charge >= 0.3 is 6.01 Å². The topological polar surface area (TPSA) is 72.0 Å². The molecular formula is C14H25N5O. The molecule has 1 aliphatic rings. The average molecular weight is 279 g/mol. The summed E-state index contributed by atoms with van der Waals surface area (Å²) in [5.74, 6) is 1.16. The van der Waals surface area contributed by atoms with E-state index in [4.69, 9.17) is 4.74 Å². The van der Waals surface area contributed by atoms with Crippen molar-refractivity contribution in [3.8, 4) is 6.01 Å². The van der Waals surface area contributed by atoms with Crippen LogP contribution in [-0.2, 0) is 0 Å². The van der Waals surface area contributed by atoms with Crippen LogP contribution >= 0.6 is 0 Å². The van der Waals surface area contributed by atoms with Crippen LogP contribution in [0.1, 0.15) is 46.5 Å². The molecule has 0 amide bonds. The molecule has 6 heteroatoms. The van der Waals surface area contributed by atoms with Crippen LogP contribution in [0.15, 0.2) is 0 Å². The highest BCUT2D eigenvalue weighted by Gasteiger charge is 2.41. The molecule has 2 N–H and O–H groups in total. The van der Waals surface area contributed by atoms with Gasteiger partial charge in [-0.3, -0.25) is 0 Å². The lowest BCUT2D eigenvalue weighted by Crippen LogP contribution is -2.18. The molecule has 1 fully saturated rings. The minimum Gasteiger partial charge on any atom is -0.464 e. The van der Waals surface area contributed by atoms with Crippen molar-refractivity contribution >= 4 is 11.9 Å². The first-order valence-corrected chi connectivity index (χ1v) is 7.58. The number of rotatable bonds is 9. The van der Waals surface area contributed by atoms with Crippen LogP contribution in [0.25, 0.3) is 0 Å². The van der Waals surface area contributed by atoms with Crippen LogP contribution in [0.3, 0.4) is 0 Å². The Kier molecular flexibility index (Phi) is 4.98. The number of nitrogens with one attached hydrogen (secondary N) is 2. The molecule has 0 atom stereocenters. The molecule has 20 heavy (non-hydrogen) atoms. The maximum atomic E-state index is 5.39. The Morgan fingerprint density at radius 3 is 2.30 bits per heavy atom. The Hall–Kier alpha value is -1.59. The smallest absolute Gasteiger partial charge is 0.323 e. The van der Waals surface area contributed by atoms with E-state index in [1.165, 1.54) is 25.7 Å². The lowest BCUT2D eigenvalue weighted by molar-refractivity contribution is 0.312. The standard InChI is InChI=1S/C14H25N5O/c1-4-7-14(8-9-14)10-16-12-17-11(15-5-2)18-13(19-12)20-6-3/h4-10H2,1-3H3,(H2,15,16,17,18,19). The number of anilines is 2. The van der Waals surface area contributed by atoms with E-state index in [1.807, 2.05) is 13.8 Å². The molecule has 1 aromatic heterocycles. The molecule has 0 spiro atoms. The van der Waals surface area contributed by atoms with Gasteiger partial charge < -0.3 is 15.4 Å². The van der Waals surface area contributed by atoms with Gasteiger partial charge in [0, 0.05) is 13.1 Å². The minimum atomic E-state index is 0.376. The largest absolute Gasteiger partial charge is 0.464 e. The lowest BCUT2D eigenvalue weighted by atomic mass is 10.0. The fourth-order valence-corrected chi connectivity index (χ4v) is 2.36. The van der Waals surface area contributed by atoms with Crippen LogP contribution in [-0.4, -0.2) is 34.6 Å². The van der Waals surface area contributed by atoms with E-state index in [9.17, 15) is 0 Å². The molecule has 0 aromatic carbocycles. The summed E-state index contributed by atoms with van der Waals surface area (Å²) in [7, 11) is 0. The number of ether oxygens (including phenoxy) is 1. The van der Waals surface area contributed by atoms with Gasteiger partial charge in [-0.2, -0.15) is 15.0 Å². The van der Waals surface area contributed by atoms with Crippen molar-refractivity contribution in [2.45, 2.75) is 46.5 Å². The third-order valence-corrected chi connectivity index (χ3v) is 3.58. The van der Waals surface area contributed by atoms with Crippen LogP contribution in [0, 0.1) is 5.41 Å². The molecule has 1 aliphatic carbocycles. The van der Waals surface area contributed by atoms with Crippen molar-refractivity contribution in [2.75, 3.05) is 30.3 Å². The maximum Gasteiger partial charge on any atom is 0.323 e. The highest BCUT2D eigenvalue weighted by atomic mass is 16.5. The van der Waals surface area contributed by atoms with E-state index >= 15 is 0 Å². The van der Waals surface area contributed by atoms with Gasteiger partial charge in [0.25, 0.3) is 0 Å². The second-order valence-electron chi connectivity index (χ2n) is 5.33. The minimum absolute atomic E-state index is 0.376. The van der Waals surface area contributed by atoms with Gasteiger partial charge in [0.15, 0.2) is 0 Å². The van der Waals surface area contributed by atoms with Crippen molar-refractivity contribution in [1.29, 1.82) is 0 Å². The van der Waals surface area contributed by atoms with Gasteiger partial charge in [0.2, 0.25) is 11.9 Å². The van der Waals surface area contributed by atoms with Gasteiger partial charge in [-0.15, -0.1) is 0 Å². The van der Waals surface area contributed by atoms with Crippen molar-refractivity contribution in [2.24, 2.45) is 5.41 Å². The molecule has 6 nitrogen and oxygen atoms in total. The molecule has 1 saturated carbocycles. The summed E-state index contributed by atoms with van der Waals surface area (Å²) in [5.41, 5.74) is 0.464. The molecule has 112 valence electrons. The van der Waals surface area contributed by atoms with E-state index < -0.39 is 0 Å². The predicted molar refractivity (Wildman–Crippen MR) is 80.2 cm³/mol. The van der Waals surface area contributed by atoms with Gasteiger partial charge in [0.1, 0.15) is 0 Å². The second kappa shape index (κ2) is 6.72. The summed E-state index contributed by atoms with van der Waals surface area (Å²) in [5, 5.41) is 6.45. The number of hydrogen-bond donors (Lipinski definition) is 2. The number of aromatic nitrogens is 3. The first kappa shape index (κ1) is 14.8. The Bertz CT molecular complexity index is 409. The van der Waals surface area contributed by atoms with Crippen LogP contribution in [0.5, 0.6) is 6.01 Å². The predicted octanol–water partition coefficient (Wildman–Crippen LogP) is 2.69. The molecule has 0 unspecified atom stereocenters. The van der Waals surface area contributed by atoms with Gasteiger partial charge in [-0.25, -0.2) is 0 Å². The Balaban J connectivity index is 2.02. The number of hydrogen-bond acceptors (Lipinski definition) is 6. The molecule has 0 bridgehead atoms. The van der Waals surface area contributed by atoms with E-state index in [1.54, 1.807) is 0 Å². The summed E-state index contributed by atoms with van der Waals surface area (Å²) < 4.78 is 5.39. The fraction of sp³-hybridized carbons (Fsp3) is 0.786. The molecule has 2 rings (SSSR count). The van der Waals surface area contributed by atoms with E-state index in [-0.39, 0.29) is 0 Å². The first-order valence-electron chi connectivity index (χ1n) is 7.58. The maximum absolute atomic E-state index is 5.39. The fourth-order valence-electron chi connectivity index (χ4n) is 2.36. The molecule has 1 heterocycles. The summed E-state index contributed by atoms with van der Waals surface area (Å²) in [6, 6.07) is 0.376. The average Bonchev–Trinajstić information content (AvgIpc) is 3.18. The summed E-state index contributed by atoms with van der Waals surface area (Å²) >= 11 is 0. The van der Waals surface area contributed by atoms with Crippen LogP contribution in [0.2, 0.25) is 0 Å². The summed E-state index contributed by atoms with van der Waals surface area (Å²) in [6.07, 6.45) is 5.10. The lowest BCUT2D eigenvalue weighted by Gasteiger charge is -2.15. The first-order chi connectivity index (χ1) is 9.71. The van der Waals surface area contributed by atoms with Gasteiger partial charge in [-0.05, 0) is 38.5 Å². The quantitative estimate of drug-likeness (QED) is 0.724. The SMILES string of the molecule is CCCC1(CNc2nc(NCC)nc(OCC)n2)CC1. The Morgan fingerprint density at radius 2 is 1.75 bits per heavy atom. The highest BCUT2D eigenvalue weighted by molar-refractivity contribution is 5.36. The molecule has 0 aliphatic heterocycles. The van der Waals surface area contributed by atoms with E-state index in [0.29, 0.717) is 29.9 Å². The normalized spacial score (nSPS) is 15.8. The zero-order chi connectivity index (χ0) is 14.4.